The zero-order chi connectivity index (χ0) is 32.1. The van der Waals surface area contributed by atoms with E-state index in [2.05, 4.69) is 75.1 Å². The molecule has 4 aromatic carbocycles. The number of para-hydroxylation sites is 1. The van der Waals surface area contributed by atoms with E-state index in [1.807, 2.05) is 66.7 Å². The van der Waals surface area contributed by atoms with Gasteiger partial charge in [0, 0.05) is 29.6 Å². The molecule has 4 heterocycles. The van der Waals surface area contributed by atoms with Crippen molar-refractivity contribution in [3.63, 3.8) is 0 Å². The predicted molar refractivity (Wildman–Crippen MR) is 187 cm³/mol. The molecule has 0 radical (unpaired) electrons. The molecule has 0 amide bonds. The molecule has 0 saturated carbocycles. The van der Waals surface area contributed by atoms with Gasteiger partial charge in [0.15, 0.2) is 11.2 Å². The van der Waals surface area contributed by atoms with Gasteiger partial charge in [-0.25, -0.2) is 4.98 Å². The summed E-state index contributed by atoms with van der Waals surface area (Å²) in [5.74, 6) is 1.83. The first kappa shape index (κ1) is 31.5. The predicted octanol–water partition coefficient (Wildman–Crippen LogP) is 10.7. The normalized spacial score (nSPS) is 11.5. The van der Waals surface area contributed by atoms with Crippen LogP contribution in [0.3, 0.4) is 0 Å². The number of nitrogens with zero attached hydrogens (tertiary/aromatic N) is 4. The third-order valence-electron chi connectivity index (χ3n) is 8.54. The minimum Gasteiger partial charge on any atom is -0.497 e. The van der Waals surface area contributed by atoms with E-state index in [1.54, 1.807) is 17.0 Å². The maximum absolute atomic E-state index is 6.57. The molecular formula is C41H32N4O2Pt. The number of fused-ring (bicyclic) bond motifs is 5. The fraction of sp³-hybridized carbons (Fsp3) is 0.146. The van der Waals surface area contributed by atoms with E-state index in [1.165, 1.54) is 16.7 Å². The Bertz CT molecular complexity index is 2380. The minimum absolute atomic E-state index is 0. The Balaban J connectivity index is 0.00000364. The molecule has 0 saturated heterocycles. The van der Waals surface area contributed by atoms with E-state index in [9.17, 15) is 0 Å². The van der Waals surface area contributed by atoms with Crippen LogP contribution in [0.2, 0.25) is 0 Å². The second kappa shape index (κ2) is 12.9. The topological polar surface area (TPSA) is 65.5 Å². The molecule has 0 aliphatic heterocycles. The molecule has 0 bridgehead atoms. The van der Waals surface area contributed by atoms with Gasteiger partial charge in [-0.05, 0) is 58.5 Å². The summed E-state index contributed by atoms with van der Waals surface area (Å²) in [7, 11) is 0. The smallest absolute Gasteiger partial charge is 0.497 e. The first-order chi connectivity index (χ1) is 22.9. The van der Waals surface area contributed by atoms with Crippen LogP contribution in [0.4, 0.5) is 0 Å². The minimum atomic E-state index is 0. The Morgan fingerprint density at radius 1 is 0.708 bits per heavy atom. The number of hydrogen-bond acceptors (Lipinski definition) is 5. The molecule has 0 N–H and O–H groups in total. The van der Waals surface area contributed by atoms with Crippen LogP contribution in [-0.2, 0) is 21.1 Å². The number of rotatable bonds is 7. The van der Waals surface area contributed by atoms with Crippen molar-refractivity contribution in [2.75, 3.05) is 0 Å². The Morgan fingerprint density at radius 2 is 1.46 bits per heavy atom. The zero-order valence-electron chi connectivity index (χ0n) is 27.0. The van der Waals surface area contributed by atoms with Crippen molar-refractivity contribution < 1.29 is 30.3 Å². The molecular weight excluding hydrogens is 776 g/mol. The summed E-state index contributed by atoms with van der Waals surface area (Å²) in [5.41, 5.74) is 11.2. The first-order valence-corrected chi connectivity index (χ1v) is 15.9. The van der Waals surface area contributed by atoms with E-state index in [0.29, 0.717) is 29.0 Å². The molecule has 238 valence electrons. The van der Waals surface area contributed by atoms with Crippen LogP contribution in [0.1, 0.15) is 50.7 Å². The van der Waals surface area contributed by atoms with Crippen molar-refractivity contribution in [1.29, 1.82) is 0 Å². The van der Waals surface area contributed by atoms with Crippen molar-refractivity contribution in [2.24, 2.45) is 0 Å². The van der Waals surface area contributed by atoms with Gasteiger partial charge in [-0.15, -0.1) is 35.4 Å². The second-order valence-corrected chi connectivity index (χ2v) is 12.4. The van der Waals surface area contributed by atoms with Crippen molar-refractivity contribution in [2.45, 2.75) is 39.5 Å². The molecule has 48 heavy (non-hydrogen) atoms. The van der Waals surface area contributed by atoms with Gasteiger partial charge in [0.1, 0.15) is 5.52 Å². The summed E-state index contributed by atoms with van der Waals surface area (Å²) in [5, 5.41) is 0.953. The Morgan fingerprint density at radius 3 is 2.23 bits per heavy atom. The number of pyridine rings is 2. The fourth-order valence-electron chi connectivity index (χ4n) is 6.32. The summed E-state index contributed by atoms with van der Waals surface area (Å²) >= 11 is 0. The van der Waals surface area contributed by atoms with Gasteiger partial charge in [-0.1, -0.05) is 93.9 Å². The molecule has 0 unspecified atom stereocenters. The van der Waals surface area contributed by atoms with E-state index in [4.69, 9.17) is 19.2 Å². The van der Waals surface area contributed by atoms with Gasteiger partial charge in [0.25, 0.3) is 0 Å². The van der Waals surface area contributed by atoms with Crippen LogP contribution in [0, 0.1) is 12.1 Å². The average Bonchev–Trinajstić information content (AvgIpc) is 3.65. The summed E-state index contributed by atoms with van der Waals surface area (Å²) in [6.45, 7) is 8.96. The standard InChI is InChI=1S/C41H32N4O2.Pt/c1-25(2)32-14-10-15-33(26(3)4)38(32)29-21-28(35-16-7-8-19-42-35)23-31(24-29)46-30-12-9-11-27(22-30)39-40-36(18-20-43-39)45-41(44-40)34-13-5-6-17-37(34)47-45;/h5-21,24-26H,1-4H3;/q-2;+2. The summed E-state index contributed by atoms with van der Waals surface area (Å²) in [6, 6.07) is 39.4. The third-order valence-corrected chi connectivity index (χ3v) is 8.54. The third kappa shape index (κ3) is 5.60. The number of imidazole rings is 1. The Kier molecular flexibility index (Phi) is 8.45. The van der Waals surface area contributed by atoms with Crippen LogP contribution in [0.15, 0.2) is 114 Å². The second-order valence-electron chi connectivity index (χ2n) is 12.4. The van der Waals surface area contributed by atoms with Crippen LogP contribution >= 0.6 is 0 Å². The Hall–Kier alpha value is -5.06. The molecule has 0 spiro atoms. The van der Waals surface area contributed by atoms with Gasteiger partial charge in [0.05, 0.1) is 10.9 Å². The van der Waals surface area contributed by atoms with E-state index in [-0.39, 0.29) is 21.1 Å². The van der Waals surface area contributed by atoms with Crippen molar-refractivity contribution in [3.05, 3.63) is 133 Å². The molecule has 7 heteroatoms. The zero-order valence-corrected chi connectivity index (χ0v) is 29.2. The molecule has 8 rings (SSSR count). The van der Waals surface area contributed by atoms with Gasteiger partial charge in [-0.2, -0.15) is 4.57 Å². The number of ether oxygens (including phenoxy) is 1. The summed E-state index contributed by atoms with van der Waals surface area (Å²) in [6.07, 6.45) is 3.58. The van der Waals surface area contributed by atoms with Gasteiger partial charge >= 0.3 is 21.1 Å². The monoisotopic (exact) mass is 807 g/mol. The van der Waals surface area contributed by atoms with Gasteiger partial charge in [-0.3, -0.25) is 0 Å². The van der Waals surface area contributed by atoms with Crippen LogP contribution < -0.4 is 4.74 Å². The van der Waals surface area contributed by atoms with E-state index in [0.717, 1.165) is 50.0 Å². The fourth-order valence-corrected chi connectivity index (χ4v) is 6.32. The molecule has 0 aliphatic carbocycles. The van der Waals surface area contributed by atoms with Crippen LogP contribution in [0.5, 0.6) is 11.5 Å². The van der Waals surface area contributed by atoms with Crippen molar-refractivity contribution in [1.82, 2.24) is 19.5 Å². The van der Waals surface area contributed by atoms with Gasteiger partial charge in [0.2, 0.25) is 0 Å². The number of hydrogen-bond donors (Lipinski definition) is 0. The van der Waals surface area contributed by atoms with Crippen molar-refractivity contribution >= 4 is 27.6 Å². The maximum atomic E-state index is 6.57. The average molecular weight is 808 g/mol. The van der Waals surface area contributed by atoms with E-state index >= 15 is 0 Å². The van der Waals surface area contributed by atoms with Crippen LogP contribution in [-0.4, -0.2) is 19.5 Å². The first-order valence-electron chi connectivity index (χ1n) is 15.9. The van der Waals surface area contributed by atoms with E-state index < -0.39 is 0 Å². The molecule has 8 aromatic rings. The maximum Gasteiger partial charge on any atom is 2.00 e. The molecule has 4 aromatic heterocycles. The Labute approximate surface area is 293 Å². The van der Waals surface area contributed by atoms with Gasteiger partial charge < -0.3 is 19.2 Å². The molecule has 0 atom stereocenters. The van der Waals surface area contributed by atoms with Crippen molar-refractivity contribution in [3.8, 4) is 45.1 Å². The molecule has 0 fully saturated rings. The SMILES string of the molecule is CC(C)c1cccc(C(C)C)c1-c1cc(Oc2[c-]c(-c3nccc4c3nc3c5ccccc5on43)ccc2)[c-]c(-c2ccccn2)c1.[Pt+2]. The summed E-state index contributed by atoms with van der Waals surface area (Å²) < 4.78 is 14.5. The largest absolute Gasteiger partial charge is 2.00 e. The quantitative estimate of drug-likeness (QED) is 0.150. The number of aromatic nitrogens is 4. The molecule has 6 nitrogen and oxygen atoms in total. The summed E-state index contributed by atoms with van der Waals surface area (Å²) in [4.78, 5) is 14.3. The van der Waals surface area contributed by atoms with Crippen LogP contribution in [0.25, 0.3) is 61.3 Å². The number of benzene rings is 4. The molecule has 0 aliphatic rings.